The minimum Gasteiger partial charge on any atom is -0.493 e. The molecule has 0 saturated carbocycles. The predicted octanol–water partition coefficient (Wildman–Crippen LogP) is -0.00690. The first-order chi connectivity index (χ1) is 9.88. The normalized spacial score (nSPS) is 9.95. The second-order valence-electron chi connectivity index (χ2n) is 4.16. The van der Waals surface area contributed by atoms with Crippen molar-refractivity contribution in [1.82, 2.24) is 4.90 Å². The Morgan fingerprint density at radius 2 is 1.81 bits per heavy atom. The summed E-state index contributed by atoms with van der Waals surface area (Å²) in [5.41, 5.74) is 4.95. The van der Waals surface area contributed by atoms with Gasteiger partial charge in [0.2, 0.25) is 11.8 Å². The fourth-order valence-corrected chi connectivity index (χ4v) is 1.53. The van der Waals surface area contributed by atoms with Gasteiger partial charge in [0.25, 0.3) is 0 Å². The summed E-state index contributed by atoms with van der Waals surface area (Å²) in [5.74, 6) is -2.65. The lowest BCUT2D eigenvalue weighted by Crippen LogP contribution is -2.41. The van der Waals surface area contributed by atoms with Gasteiger partial charge in [-0.1, -0.05) is 0 Å². The van der Waals surface area contributed by atoms with E-state index in [0.717, 1.165) is 4.90 Å². The molecule has 114 valence electrons. The summed E-state index contributed by atoms with van der Waals surface area (Å²) in [5, 5.41) is 8.66. The van der Waals surface area contributed by atoms with Gasteiger partial charge in [-0.3, -0.25) is 14.4 Å². The monoisotopic (exact) mass is 298 g/mol. The topological polar surface area (TPSA) is 110 Å². The molecule has 0 radical (unpaired) electrons. The second-order valence-corrected chi connectivity index (χ2v) is 4.16. The molecule has 0 aliphatic carbocycles. The van der Waals surface area contributed by atoms with Crippen molar-refractivity contribution in [3.8, 4) is 5.75 Å². The lowest BCUT2D eigenvalue weighted by Gasteiger charge is -2.18. The number of carbonyl (C=O) groups excluding carboxylic acids is 2. The fourth-order valence-electron chi connectivity index (χ4n) is 1.53. The van der Waals surface area contributed by atoms with E-state index in [2.05, 4.69) is 0 Å². The molecule has 1 rings (SSSR count). The summed E-state index contributed by atoms with van der Waals surface area (Å²) in [7, 11) is 0. The van der Waals surface area contributed by atoms with Gasteiger partial charge in [0.15, 0.2) is 0 Å². The van der Waals surface area contributed by atoms with Crippen LogP contribution in [0.1, 0.15) is 6.42 Å². The van der Waals surface area contributed by atoms with Crippen LogP contribution in [0.4, 0.5) is 4.39 Å². The van der Waals surface area contributed by atoms with Crippen molar-refractivity contribution in [3.63, 3.8) is 0 Å². The predicted molar refractivity (Wildman–Crippen MR) is 69.9 cm³/mol. The molecule has 0 heterocycles. The number of halogens is 1. The number of rotatable bonds is 8. The molecule has 21 heavy (non-hydrogen) atoms. The molecule has 0 aliphatic heterocycles. The molecule has 3 N–H and O–H groups in total. The van der Waals surface area contributed by atoms with Crippen LogP contribution in [0, 0.1) is 5.82 Å². The summed E-state index contributed by atoms with van der Waals surface area (Å²) in [4.78, 5) is 34.0. The number of primary amides is 1. The van der Waals surface area contributed by atoms with Gasteiger partial charge in [-0.15, -0.1) is 0 Å². The third kappa shape index (κ3) is 6.37. The highest BCUT2D eigenvalue weighted by Gasteiger charge is 2.18. The van der Waals surface area contributed by atoms with E-state index in [1.54, 1.807) is 0 Å². The first kappa shape index (κ1) is 16.4. The summed E-state index contributed by atoms with van der Waals surface area (Å²) >= 11 is 0. The third-order valence-corrected chi connectivity index (χ3v) is 2.42. The molecule has 0 aromatic heterocycles. The van der Waals surface area contributed by atoms with Gasteiger partial charge in [-0.05, 0) is 24.3 Å². The molecular formula is C13H15FN2O5. The van der Waals surface area contributed by atoms with Crippen molar-refractivity contribution in [2.45, 2.75) is 6.42 Å². The van der Waals surface area contributed by atoms with E-state index in [-0.39, 0.29) is 13.0 Å². The Morgan fingerprint density at radius 3 is 2.33 bits per heavy atom. The highest BCUT2D eigenvalue weighted by atomic mass is 19.1. The molecule has 1 aromatic rings. The maximum Gasteiger partial charge on any atom is 0.323 e. The number of nitrogens with zero attached hydrogens (tertiary/aromatic N) is 1. The van der Waals surface area contributed by atoms with Gasteiger partial charge < -0.3 is 20.5 Å². The van der Waals surface area contributed by atoms with Crippen molar-refractivity contribution in [1.29, 1.82) is 0 Å². The van der Waals surface area contributed by atoms with Crippen LogP contribution in [0.15, 0.2) is 24.3 Å². The summed E-state index contributed by atoms with van der Waals surface area (Å²) in [6, 6.07) is 5.22. The summed E-state index contributed by atoms with van der Waals surface area (Å²) in [6.07, 6.45) is -0.127. The van der Waals surface area contributed by atoms with E-state index in [0.29, 0.717) is 5.75 Å². The Bertz CT molecular complexity index is 502. The number of carboxylic acid groups (broad SMARTS) is 1. The number of carbonyl (C=O) groups is 3. The first-order valence-corrected chi connectivity index (χ1v) is 6.04. The molecule has 7 nitrogen and oxygen atoms in total. The van der Waals surface area contributed by atoms with Gasteiger partial charge in [-0.25, -0.2) is 4.39 Å². The number of hydrogen-bond acceptors (Lipinski definition) is 4. The molecule has 0 aliphatic rings. The number of benzene rings is 1. The average Bonchev–Trinajstić information content (AvgIpc) is 2.39. The lowest BCUT2D eigenvalue weighted by atomic mass is 10.3. The van der Waals surface area contributed by atoms with Gasteiger partial charge >= 0.3 is 5.97 Å². The molecular weight excluding hydrogens is 283 g/mol. The quantitative estimate of drug-likeness (QED) is 0.701. The number of ether oxygens (including phenoxy) is 1. The molecule has 0 bridgehead atoms. The summed E-state index contributed by atoms with van der Waals surface area (Å²) < 4.78 is 17.9. The maximum absolute atomic E-state index is 12.7. The number of nitrogens with two attached hydrogens (primary N) is 1. The highest BCUT2D eigenvalue weighted by molar-refractivity contribution is 5.86. The molecule has 0 saturated heterocycles. The zero-order valence-electron chi connectivity index (χ0n) is 11.1. The Hall–Kier alpha value is -2.64. The van der Waals surface area contributed by atoms with E-state index >= 15 is 0 Å². The molecule has 1 aromatic carbocycles. The van der Waals surface area contributed by atoms with Crippen LogP contribution in [0.5, 0.6) is 5.75 Å². The molecule has 0 fully saturated rings. The van der Waals surface area contributed by atoms with Crippen molar-refractivity contribution >= 4 is 17.8 Å². The van der Waals surface area contributed by atoms with Crippen LogP contribution < -0.4 is 10.5 Å². The Labute approximate surface area is 120 Å². The smallest absolute Gasteiger partial charge is 0.323 e. The van der Waals surface area contributed by atoms with Crippen molar-refractivity contribution in [2.75, 3.05) is 19.7 Å². The number of aliphatic carboxylic acids is 1. The number of carboxylic acids is 1. The van der Waals surface area contributed by atoms with E-state index in [4.69, 9.17) is 15.6 Å². The lowest BCUT2D eigenvalue weighted by molar-refractivity contribution is -0.145. The maximum atomic E-state index is 12.7. The minimum atomic E-state index is -1.25. The third-order valence-electron chi connectivity index (χ3n) is 2.42. The molecule has 0 unspecified atom stereocenters. The van der Waals surface area contributed by atoms with E-state index < -0.39 is 36.7 Å². The van der Waals surface area contributed by atoms with Crippen LogP contribution in [0.25, 0.3) is 0 Å². The molecule has 8 heteroatoms. The van der Waals surface area contributed by atoms with Gasteiger partial charge in [0, 0.05) is 0 Å². The average molecular weight is 298 g/mol. The summed E-state index contributed by atoms with van der Waals surface area (Å²) in [6.45, 7) is -1.11. The first-order valence-electron chi connectivity index (χ1n) is 6.04. The number of hydrogen-bond donors (Lipinski definition) is 2. The highest BCUT2D eigenvalue weighted by Crippen LogP contribution is 2.11. The van der Waals surface area contributed by atoms with Gasteiger partial charge in [-0.2, -0.15) is 0 Å². The van der Waals surface area contributed by atoms with Crippen LogP contribution in [-0.4, -0.2) is 47.5 Å². The Balaban J connectivity index is 2.47. The fraction of sp³-hybridized carbons (Fsp3) is 0.308. The Kier molecular flexibility index (Phi) is 6.12. The number of amides is 2. The van der Waals surface area contributed by atoms with Crippen molar-refractivity contribution < 1.29 is 28.6 Å². The Morgan fingerprint density at radius 1 is 1.19 bits per heavy atom. The van der Waals surface area contributed by atoms with E-state index in [1.165, 1.54) is 24.3 Å². The van der Waals surface area contributed by atoms with Crippen LogP contribution >= 0.6 is 0 Å². The van der Waals surface area contributed by atoms with Crippen molar-refractivity contribution in [3.05, 3.63) is 30.1 Å². The van der Waals surface area contributed by atoms with E-state index in [9.17, 15) is 18.8 Å². The van der Waals surface area contributed by atoms with Crippen LogP contribution in [-0.2, 0) is 14.4 Å². The molecule has 0 atom stereocenters. The van der Waals surface area contributed by atoms with Crippen LogP contribution in [0.3, 0.4) is 0 Å². The zero-order valence-corrected chi connectivity index (χ0v) is 11.1. The second kappa shape index (κ2) is 7.83. The minimum absolute atomic E-state index is 0.0284. The SMILES string of the molecule is NC(=O)CN(CC(=O)O)C(=O)CCOc1ccc(F)cc1. The van der Waals surface area contributed by atoms with Gasteiger partial charge in [0.1, 0.15) is 18.1 Å². The molecule has 0 spiro atoms. The van der Waals surface area contributed by atoms with Crippen LogP contribution in [0.2, 0.25) is 0 Å². The van der Waals surface area contributed by atoms with Crippen molar-refractivity contribution in [2.24, 2.45) is 5.73 Å². The molecule has 2 amide bonds. The zero-order chi connectivity index (χ0) is 15.8. The largest absolute Gasteiger partial charge is 0.493 e. The van der Waals surface area contributed by atoms with Gasteiger partial charge in [0.05, 0.1) is 19.6 Å². The van der Waals surface area contributed by atoms with E-state index in [1.807, 2.05) is 0 Å². The standard InChI is InChI=1S/C13H15FN2O5/c14-9-1-3-10(4-2-9)21-6-5-12(18)16(7-11(15)17)8-13(19)20/h1-4H,5-8H2,(H2,15,17)(H,19,20).